The van der Waals surface area contributed by atoms with Crippen molar-refractivity contribution in [3.05, 3.63) is 0 Å². The van der Waals surface area contributed by atoms with E-state index in [1.165, 1.54) is 0 Å². The fourth-order valence-electron chi connectivity index (χ4n) is 3.52. The molecule has 0 aromatic heterocycles. The zero-order chi connectivity index (χ0) is 17.0. The van der Waals surface area contributed by atoms with E-state index in [1.54, 1.807) is 0 Å². The van der Waals surface area contributed by atoms with E-state index in [4.69, 9.17) is 5.11 Å². The molecule has 0 aliphatic heterocycles. The maximum atomic E-state index is 12.1. The lowest BCUT2D eigenvalue weighted by molar-refractivity contribution is -0.142. The predicted octanol–water partition coefficient (Wildman–Crippen LogP) is 0.854. The maximum Gasteiger partial charge on any atom is 0.308 e. The van der Waals surface area contributed by atoms with E-state index >= 15 is 0 Å². The van der Waals surface area contributed by atoms with Gasteiger partial charge in [-0.25, -0.2) is 13.1 Å². The van der Waals surface area contributed by atoms with E-state index in [0.717, 1.165) is 32.1 Å². The van der Waals surface area contributed by atoms with Crippen LogP contribution in [0.2, 0.25) is 0 Å². The van der Waals surface area contributed by atoms with Gasteiger partial charge in [0, 0.05) is 12.1 Å². The van der Waals surface area contributed by atoms with Crippen molar-refractivity contribution < 1.29 is 23.1 Å². The Hall–Kier alpha value is -1.15. The fourth-order valence-corrected chi connectivity index (χ4v) is 4.78. The molecule has 7 nitrogen and oxygen atoms in total. The van der Waals surface area contributed by atoms with Crippen LogP contribution in [0.3, 0.4) is 0 Å². The summed E-state index contributed by atoms with van der Waals surface area (Å²) in [6.45, 7) is 2.15. The Kier molecular flexibility index (Phi) is 6.02. The number of hydrogen-bond donors (Lipinski definition) is 3. The molecule has 2 fully saturated rings. The minimum Gasteiger partial charge on any atom is -0.481 e. The van der Waals surface area contributed by atoms with Crippen molar-refractivity contribution in [3.63, 3.8) is 0 Å². The van der Waals surface area contributed by atoms with E-state index in [2.05, 4.69) is 17.0 Å². The number of hydrogen-bond acceptors (Lipinski definition) is 4. The third-order valence-electron chi connectivity index (χ3n) is 4.86. The molecular formula is C15H26N2O5S. The van der Waals surface area contributed by atoms with Crippen LogP contribution in [0.1, 0.15) is 51.9 Å². The van der Waals surface area contributed by atoms with Gasteiger partial charge in [0.25, 0.3) is 0 Å². The van der Waals surface area contributed by atoms with Gasteiger partial charge < -0.3 is 10.4 Å². The summed E-state index contributed by atoms with van der Waals surface area (Å²) in [5, 5.41) is 11.7. The molecule has 0 aromatic rings. The highest BCUT2D eigenvalue weighted by molar-refractivity contribution is 7.90. The third-order valence-corrected chi connectivity index (χ3v) is 6.20. The van der Waals surface area contributed by atoms with Gasteiger partial charge in [-0.3, -0.25) is 9.59 Å². The van der Waals surface area contributed by atoms with E-state index in [-0.39, 0.29) is 6.04 Å². The van der Waals surface area contributed by atoms with Crippen molar-refractivity contribution in [1.82, 2.24) is 10.0 Å². The van der Waals surface area contributed by atoms with E-state index in [9.17, 15) is 18.0 Å². The van der Waals surface area contributed by atoms with Crippen LogP contribution >= 0.6 is 0 Å². The van der Waals surface area contributed by atoms with Crippen molar-refractivity contribution in [3.8, 4) is 0 Å². The van der Waals surface area contributed by atoms with Gasteiger partial charge in [0.05, 0.1) is 5.92 Å². The third kappa shape index (κ3) is 5.46. The highest BCUT2D eigenvalue weighted by Crippen LogP contribution is 2.26. The van der Waals surface area contributed by atoms with Gasteiger partial charge in [0.2, 0.25) is 15.9 Å². The number of carbonyl (C=O) groups is 2. The molecule has 2 saturated carbocycles. The number of carboxylic acids is 1. The van der Waals surface area contributed by atoms with Crippen LogP contribution in [0, 0.1) is 11.8 Å². The monoisotopic (exact) mass is 346 g/mol. The highest BCUT2D eigenvalue weighted by atomic mass is 32.2. The van der Waals surface area contributed by atoms with Gasteiger partial charge in [-0.1, -0.05) is 13.3 Å². The molecule has 8 heteroatoms. The number of rotatable bonds is 6. The van der Waals surface area contributed by atoms with Crippen molar-refractivity contribution in [2.75, 3.05) is 5.75 Å². The van der Waals surface area contributed by atoms with Crippen molar-refractivity contribution in [2.45, 2.75) is 64.0 Å². The normalized spacial score (nSPS) is 31.7. The summed E-state index contributed by atoms with van der Waals surface area (Å²) in [5.41, 5.74) is 0. The van der Waals surface area contributed by atoms with Crippen molar-refractivity contribution >= 4 is 21.9 Å². The summed E-state index contributed by atoms with van der Waals surface area (Å²) in [4.78, 5) is 23.0. The molecule has 1 amide bonds. The summed E-state index contributed by atoms with van der Waals surface area (Å²) in [7, 11) is -3.69. The van der Waals surface area contributed by atoms with Gasteiger partial charge in [-0.2, -0.15) is 0 Å². The lowest BCUT2D eigenvalue weighted by Crippen LogP contribution is -2.46. The standard InChI is InChI=1S/C15H26N2O5S/c1-10-5-7-11(8-6-10)17-23(21,22)9-14(18)16-13-4-2-3-12(13)15(19)20/h10-13,17H,2-9H2,1H3,(H,16,18)(H,19,20)/t10?,11?,12-,13+/m0/s1. The number of carbonyl (C=O) groups excluding carboxylic acids is 1. The molecule has 23 heavy (non-hydrogen) atoms. The Morgan fingerprint density at radius 2 is 1.74 bits per heavy atom. The Balaban J connectivity index is 1.82. The quantitative estimate of drug-likeness (QED) is 0.660. The number of nitrogens with one attached hydrogen (secondary N) is 2. The Bertz CT molecular complexity index is 540. The second-order valence-corrected chi connectivity index (χ2v) is 8.64. The molecule has 0 aromatic carbocycles. The molecule has 2 aliphatic rings. The number of sulfonamides is 1. The molecule has 0 heterocycles. The predicted molar refractivity (Wildman–Crippen MR) is 85.3 cm³/mol. The first-order chi connectivity index (χ1) is 10.8. The lowest BCUT2D eigenvalue weighted by atomic mass is 9.88. The number of aliphatic carboxylic acids is 1. The van der Waals surface area contributed by atoms with Crippen LogP contribution in [0.5, 0.6) is 0 Å². The zero-order valence-electron chi connectivity index (χ0n) is 13.5. The van der Waals surface area contributed by atoms with Crippen LogP contribution in [-0.4, -0.2) is 43.2 Å². The summed E-state index contributed by atoms with van der Waals surface area (Å²) in [6, 6.07) is -0.562. The van der Waals surface area contributed by atoms with Gasteiger partial charge >= 0.3 is 5.97 Å². The summed E-state index contributed by atoms with van der Waals surface area (Å²) in [6.07, 6.45) is 5.40. The van der Waals surface area contributed by atoms with Crippen LogP contribution < -0.4 is 10.0 Å². The molecule has 2 atom stereocenters. The molecule has 132 valence electrons. The van der Waals surface area contributed by atoms with E-state index < -0.39 is 39.6 Å². The zero-order valence-corrected chi connectivity index (χ0v) is 14.3. The summed E-state index contributed by atoms with van der Waals surface area (Å²) >= 11 is 0. The van der Waals surface area contributed by atoms with Gasteiger partial charge in [-0.15, -0.1) is 0 Å². The first kappa shape index (κ1) is 18.2. The molecule has 0 unspecified atom stereocenters. The Morgan fingerprint density at radius 1 is 1.09 bits per heavy atom. The molecule has 0 spiro atoms. The van der Waals surface area contributed by atoms with Crippen molar-refractivity contribution in [1.29, 1.82) is 0 Å². The molecule has 0 bridgehead atoms. The van der Waals surface area contributed by atoms with Gasteiger partial charge in [0.1, 0.15) is 5.75 Å². The second kappa shape index (κ2) is 7.61. The van der Waals surface area contributed by atoms with Crippen LogP contribution in [0.15, 0.2) is 0 Å². The first-order valence-corrected chi connectivity index (χ1v) is 9.94. The summed E-state index contributed by atoms with van der Waals surface area (Å²) < 4.78 is 26.8. The van der Waals surface area contributed by atoms with Crippen LogP contribution in [0.4, 0.5) is 0 Å². The average molecular weight is 346 g/mol. The molecular weight excluding hydrogens is 320 g/mol. The lowest BCUT2D eigenvalue weighted by Gasteiger charge is -2.26. The first-order valence-electron chi connectivity index (χ1n) is 8.29. The fraction of sp³-hybridized carbons (Fsp3) is 0.867. The van der Waals surface area contributed by atoms with Crippen LogP contribution in [0.25, 0.3) is 0 Å². The highest BCUT2D eigenvalue weighted by Gasteiger charge is 2.34. The van der Waals surface area contributed by atoms with Gasteiger partial charge in [-0.05, 0) is 44.4 Å². The average Bonchev–Trinajstić information content (AvgIpc) is 2.88. The Labute approximate surface area is 137 Å². The van der Waals surface area contributed by atoms with Crippen LogP contribution in [-0.2, 0) is 19.6 Å². The molecule has 0 saturated heterocycles. The smallest absolute Gasteiger partial charge is 0.308 e. The Morgan fingerprint density at radius 3 is 2.35 bits per heavy atom. The number of amides is 1. The maximum absolute atomic E-state index is 12.1. The summed E-state index contributed by atoms with van der Waals surface area (Å²) in [5.74, 6) is -2.20. The van der Waals surface area contributed by atoms with Gasteiger partial charge in [0.15, 0.2) is 0 Å². The van der Waals surface area contributed by atoms with E-state index in [1.807, 2.05) is 0 Å². The largest absolute Gasteiger partial charge is 0.481 e. The topological polar surface area (TPSA) is 113 Å². The molecule has 0 radical (unpaired) electrons. The van der Waals surface area contributed by atoms with Crippen molar-refractivity contribution in [2.24, 2.45) is 11.8 Å². The molecule has 3 N–H and O–H groups in total. The minimum atomic E-state index is -3.69. The second-order valence-electron chi connectivity index (χ2n) is 6.88. The molecule has 2 rings (SSSR count). The minimum absolute atomic E-state index is 0.0951. The number of carboxylic acid groups (broad SMARTS) is 1. The van der Waals surface area contributed by atoms with E-state index in [0.29, 0.717) is 18.8 Å². The molecule has 2 aliphatic carbocycles. The SMILES string of the molecule is CC1CCC(NS(=O)(=O)CC(=O)N[C@@H]2CCC[C@@H]2C(=O)O)CC1.